The van der Waals surface area contributed by atoms with E-state index >= 15 is 0 Å². The Hall–Kier alpha value is 2.13. The first-order valence-electron chi connectivity index (χ1n) is 2.35. The zero-order valence-corrected chi connectivity index (χ0v) is 13.1. The van der Waals surface area contributed by atoms with Gasteiger partial charge in [-0.25, -0.2) is 5.26 Å². The average Bonchev–Trinajstić information content (AvgIpc) is 2.13. The molecule has 0 aliphatic rings. The third-order valence-corrected chi connectivity index (χ3v) is 1.69. The van der Waals surface area contributed by atoms with Crippen molar-refractivity contribution in [3.63, 3.8) is 0 Å². The van der Waals surface area contributed by atoms with Crippen LogP contribution in [0.5, 0.6) is 0 Å². The number of hydrogen-bond acceptors (Lipinski definition) is 13. The maximum Gasteiger partial charge on any atom is 0.454 e. The quantitative estimate of drug-likeness (QED) is 0.146. The molecule has 0 spiro atoms. The zero-order valence-electron chi connectivity index (χ0n) is 6.77. The van der Waals surface area contributed by atoms with Crippen LogP contribution in [0.1, 0.15) is 0 Å². The van der Waals surface area contributed by atoms with Gasteiger partial charge in [0.2, 0.25) is 0 Å². The first kappa shape index (κ1) is 24.2. The number of hydrogen-bond donors (Lipinski definition) is 1. The predicted molar refractivity (Wildman–Crippen MR) is 34.6 cm³/mol. The summed E-state index contributed by atoms with van der Waals surface area (Å²) in [7, 11) is -13.7. The van der Waals surface area contributed by atoms with E-state index < -0.39 is 31.8 Å². The molecule has 2 radical (unpaired) electrons. The normalized spacial score (nSPS) is 11.6. The van der Waals surface area contributed by atoms with Gasteiger partial charge in [0.05, 0.1) is 11.0 Å². The second kappa shape index (κ2) is 10.9. The van der Waals surface area contributed by atoms with Crippen molar-refractivity contribution in [1.82, 2.24) is 0 Å². The van der Waals surface area contributed by atoms with E-state index in [4.69, 9.17) is 5.26 Å². The summed E-state index contributed by atoms with van der Waals surface area (Å²) in [5, 5.41) is 7.55. The Kier molecular flexibility index (Phi) is 15.4. The molecule has 114 valence electrons. The Morgan fingerprint density at radius 1 is 0.824 bits per heavy atom. The molecule has 0 aliphatic carbocycles. The maximum atomic E-state index is 10.3. The summed E-state index contributed by atoms with van der Waals surface area (Å²) in [6.07, 6.45) is 0. The summed E-state index contributed by atoms with van der Waals surface area (Å²) in [5.41, 5.74) is 0. The van der Waals surface area contributed by atoms with Crippen LogP contribution in [-0.2, 0) is 61.9 Å². The van der Waals surface area contributed by atoms with E-state index in [-0.39, 0.29) is 75.5 Å². The minimum atomic E-state index is -5.23. The molecule has 0 bridgehead atoms. The topological polar surface area (TPSA) is 169 Å². The van der Waals surface area contributed by atoms with Gasteiger partial charge in [0.25, 0.3) is 0 Å². The Morgan fingerprint density at radius 3 is 1.59 bits per heavy atom. The molecular formula is HHo2O12S3-. The molecule has 0 saturated carbocycles. The van der Waals surface area contributed by atoms with Crippen LogP contribution >= 0.6 is 0 Å². The van der Waals surface area contributed by atoms with Crippen LogP contribution in [0.25, 0.3) is 0 Å². The molecule has 12 nitrogen and oxygen atoms in total. The molecule has 0 fully saturated rings. The monoisotopic (exact) mass is 619 g/mol. The average molecular weight is 619 g/mol. The van der Waals surface area contributed by atoms with Gasteiger partial charge < -0.3 is 8.42 Å². The van der Waals surface area contributed by atoms with Crippen LogP contribution in [0.4, 0.5) is 0 Å². The third-order valence-electron chi connectivity index (χ3n) is 0.452. The molecule has 1 N–H and O–H groups in total. The predicted octanol–water partition coefficient (Wildman–Crippen LogP) is -1.91. The Balaban J connectivity index is -0.000000980. The van der Waals surface area contributed by atoms with Crippen molar-refractivity contribution in [3.8, 4) is 0 Å². The molecule has 17 heteroatoms. The van der Waals surface area contributed by atoms with Crippen molar-refractivity contribution < 1.29 is 128 Å². The van der Waals surface area contributed by atoms with Crippen LogP contribution in [0.15, 0.2) is 0 Å². The maximum absolute atomic E-state index is 10.3. The molecule has 0 unspecified atom stereocenters. The smallest absolute Gasteiger partial charge is 0.394 e. The van der Waals surface area contributed by atoms with Crippen molar-refractivity contribution in [2.45, 2.75) is 0 Å². The van der Waals surface area contributed by atoms with Gasteiger partial charge in [-0.1, -0.05) is 17.3 Å². The summed E-state index contributed by atoms with van der Waals surface area (Å²) < 4.78 is 74.7. The van der Waals surface area contributed by atoms with Gasteiger partial charge in [-0.05, 0) is 0 Å². The van der Waals surface area contributed by atoms with Gasteiger partial charge in [-0.15, -0.1) is 0 Å². The van der Waals surface area contributed by atoms with Crippen LogP contribution in [0, 0.1) is 75.5 Å². The molecule has 0 aliphatic heterocycles. The van der Waals surface area contributed by atoms with E-state index in [1.807, 2.05) is 0 Å². The summed E-state index contributed by atoms with van der Waals surface area (Å²) in [4.78, 5) is 0. The van der Waals surface area contributed by atoms with Gasteiger partial charge in [-0.3, -0.25) is 4.33 Å². The van der Waals surface area contributed by atoms with E-state index in [9.17, 15) is 25.3 Å². The molecule has 0 heterocycles. The second-order valence-corrected chi connectivity index (χ2v) is 4.10. The van der Waals surface area contributed by atoms with E-state index in [1.54, 1.807) is 0 Å². The number of rotatable bonds is 7. The minimum Gasteiger partial charge on any atom is -0.394 e. The van der Waals surface area contributed by atoms with Crippen molar-refractivity contribution in [2.24, 2.45) is 0 Å². The summed E-state index contributed by atoms with van der Waals surface area (Å²) >= 11 is 0. The van der Waals surface area contributed by atoms with Gasteiger partial charge in [0, 0.05) is 75.5 Å². The minimum absolute atomic E-state index is 0. The first-order valence-corrected chi connectivity index (χ1v) is 6.02. The van der Waals surface area contributed by atoms with Crippen LogP contribution < -0.4 is 0 Å². The fourth-order valence-corrected chi connectivity index (χ4v) is 1.19. The second-order valence-electron chi connectivity index (χ2n) is 1.37. The molecule has 17 heavy (non-hydrogen) atoms. The molecule has 0 saturated heterocycles. The van der Waals surface area contributed by atoms with Gasteiger partial charge in [0.1, 0.15) is 0 Å². The molecule has 0 aromatic rings. The van der Waals surface area contributed by atoms with Crippen molar-refractivity contribution in [1.29, 1.82) is 0 Å². The van der Waals surface area contributed by atoms with Crippen molar-refractivity contribution in [3.05, 3.63) is 0 Å². The zero-order chi connectivity index (χ0) is 12.1. The molecule has 0 rings (SSSR count). The van der Waals surface area contributed by atoms with Crippen LogP contribution in [-0.4, -0.2) is 22.1 Å². The third kappa shape index (κ3) is 14.4. The van der Waals surface area contributed by atoms with Crippen molar-refractivity contribution >= 4 is 31.8 Å². The molecule has 0 aromatic carbocycles. The van der Waals surface area contributed by atoms with E-state index in [0.717, 1.165) is 0 Å². The standard InChI is InChI=1S/2Ho.HO12S3/c;;1-8-14(4,5)11-12-15(6,7)10-9-13(2)3/h;;1H/q;;-1. The fourth-order valence-electron chi connectivity index (χ4n) is 0.149. The first-order chi connectivity index (χ1) is 6.68. The van der Waals surface area contributed by atoms with Gasteiger partial charge in [0.15, 0.2) is 0 Å². The van der Waals surface area contributed by atoms with Gasteiger partial charge in [-0.2, -0.15) is 16.8 Å². The Labute approximate surface area is 157 Å². The summed E-state index contributed by atoms with van der Waals surface area (Å²) in [6.45, 7) is 0. The van der Waals surface area contributed by atoms with Crippen LogP contribution in [0.2, 0.25) is 0 Å². The summed E-state index contributed by atoms with van der Waals surface area (Å²) in [5.74, 6) is 0. The Morgan fingerprint density at radius 2 is 1.24 bits per heavy atom. The van der Waals surface area contributed by atoms with E-state index in [2.05, 4.69) is 21.7 Å². The van der Waals surface area contributed by atoms with E-state index in [1.165, 1.54) is 0 Å². The van der Waals surface area contributed by atoms with E-state index in [0.29, 0.717) is 0 Å². The SMILES string of the molecule is O=[S-](=O)OOS(=O)(=O)OOS(=O)(=O)OO.[Ho].[Ho]. The largest absolute Gasteiger partial charge is 0.454 e. The fraction of sp³-hybridized carbons (Fsp3) is 0. The molecule has 0 aromatic heterocycles. The summed E-state index contributed by atoms with van der Waals surface area (Å²) in [6, 6.07) is 0. The molecule has 0 atom stereocenters. The molecule has 0 amide bonds. The molecular weight excluding hydrogens is 618 g/mol. The van der Waals surface area contributed by atoms with Crippen LogP contribution in [0.3, 0.4) is 0 Å². The Bertz CT molecular complexity index is 444. The van der Waals surface area contributed by atoms with Gasteiger partial charge >= 0.3 is 20.8 Å². The van der Waals surface area contributed by atoms with Crippen molar-refractivity contribution in [2.75, 3.05) is 0 Å².